The first-order chi connectivity index (χ1) is 9.99. The lowest BCUT2D eigenvalue weighted by molar-refractivity contribution is -0.123. The standard InChI is InChI=1S/C19H29NO/c1-13-11-14(2)17(15(3)12-13)8-9-19(21)16(4)18-7-5-6-10-20-18/h11-12,16,18,20H,5-10H2,1-4H3. The Labute approximate surface area is 129 Å². The summed E-state index contributed by atoms with van der Waals surface area (Å²) in [4.78, 5) is 12.5. The average molecular weight is 287 g/mol. The lowest BCUT2D eigenvalue weighted by Gasteiger charge is -2.28. The fraction of sp³-hybridized carbons (Fsp3) is 0.632. The number of carbonyl (C=O) groups is 1. The van der Waals surface area contributed by atoms with Gasteiger partial charge < -0.3 is 5.32 Å². The van der Waals surface area contributed by atoms with Gasteiger partial charge in [-0.25, -0.2) is 0 Å². The number of nitrogens with one attached hydrogen (secondary N) is 1. The van der Waals surface area contributed by atoms with Crippen LogP contribution in [0.3, 0.4) is 0 Å². The highest BCUT2D eigenvalue weighted by molar-refractivity contribution is 5.81. The van der Waals surface area contributed by atoms with E-state index in [0.29, 0.717) is 18.2 Å². The SMILES string of the molecule is Cc1cc(C)c(CCC(=O)C(C)C2CCCCN2)c(C)c1. The molecule has 0 amide bonds. The van der Waals surface area contributed by atoms with Crippen LogP contribution in [-0.2, 0) is 11.2 Å². The molecule has 2 atom stereocenters. The minimum Gasteiger partial charge on any atom is -0.313 e. The van der Waals surface area contributed by atoms with Crippen LogP contribution in [-0.4, -0.2) is 18.4 Å². The Morgan fingerprint density at radius 1 is 1.24 bits per heavy atom. The van der Waals surface area contributed by atoms with E-state index in [1.807, 2.05) is 0 Å². The van der Waals surface area contributed by atoms with Crippen molar-refractivity contribution < 1.29 is 4.79 Å². The van der Waals surface area contributed by atoms with Gasteiger partial charge in [-0.05, 0) is 63.3 Å². The predicted octanol–water partition coefficient (Wildman–Crippen LogP) is 3.89. The summed E-state index contributed by atoms with van der Waals surface area (Å²) in [6.07, 6.45) is 5.21. The first-order valence-electron chi connectivity index (χ1n) is 8.32. The molecule has 0 spiro atoms. The molecule has 0 aliphatic carbocycles. The monoisotopic (exact) mass is 287 g/mol. The van der Waals surface area contributed by atoms with Gasteiger partial charge >= 0.3 is 0 Å². The molecule has 2 heteroatoms. The zero-order valence-electron chi connectivity index (χ0n) is 14.0. The Bertz CT molecular complexity index is 477. The predicted molar refractivity (Wildman–Crippen MR) is 88.8 cm³/mol. The van der Waals surface area contributed by atoms with Crippen molar-refractivity contribution in [1.82, 2.24) is 5.32 Å². The van der Waals surface area contributed by atoms with Crippen LogP contribution in [0.15, 0.2) is 12.1 Å². The van der Waals surface area contributed by atoms with Crippen molar-refractivity contribution in [2.24, 2.45) is 5.92 Å². The summed E-state index contributed by atoms with van der Waals surface area (Å²) in [5, 5.41) is 3.51. The van der Waals surface area contributed by atoms with Gasteiger partial charge in [-0.1, -0.05) is 31.0 Å². The number of piperidine rings is 1. The summed E-state index contributed by atoms with van der Waals surface area (Å²) >= 11 is 0. The van der Waals surface area contributed by atoms with Crippen LogP contribution in [0.25, 0.3) is 0 Å². The van der Waals surface area contributed by atoms with E-state index in [2.05, 4.69) is 45.1 Å². The molecule has 1 aliphatic heterocycles. The van der Waals surface area contributed by atoms with Gasteiger partial charge in [0.05, 0.1) is 0 Å². The van der Waals surface area contributed by atoms with Crippen molar-refractivity contribution >= 4 is 5.78 Å². The molecule has 0 radical (unpaired) electrons. The highest BCUT2D eigenvalue weighted by Gasteiger charge is 2.24. The number of aryl methyl sites for hydroxylation is 3. The number of carbonyl (C=O) groups excluding carboxylic acids is 1. The van der Waals surface area contributed by atoms with Gasteiger partial charge in [0.1, 0.15) is 5.78 Å². The Balaban J connectivity index is 1.94. The number of rotatable bonds is 5. The van der Waals surface area contributed by atoms with Crippen molar-refractivity contribution in [2.45, 2.75) is 65.8 Å². The van der Waals surface area contributed by atoms with Gasteiger partial charge in [-0.3, -0.25) is 4.79 Å². The molecule has 0 saturated carbocycles. The summed E-state index contributed by atoms with van der Waals surface area (Å²) in [6.45, 7) is 9.61. The third kappa shape index (κ3) is 4.16. The number of hydrogen-bond acceptors (Lipinski definition) is 2. The normalized spacial score (nSPS) is 20.3. The smallest absolute Gasteiger partial charge is 0.137 e. The molecule has 1 N–H and O–H groups in total. The summed E-state index contributed by atoms with van der Waals surface area (Å²) in [5.41, 5.74) is 5.31. The molecule has 0 aromatic heterocycles. The van der Waals surface area contributed by atoms with Crippen molar-refractivity contribution in [3.63, 3.8) is 0 Å². The van der Waals surface area contributed by atoms with E-state index in [0.717, 1.165) is 19.4 Å². The Morgan fingerprint density at radius 2 is 1.90 bits per heavy atom. The van der Waals surface area contributed by atoms with Crippen molar-refractivity contribution in [3.8, 4) is 0 Å². The molecule has 1 heterocycles. The topological polar surface area (TPSA) is 29.1 Å². The zero-order chi connectivity index (χ0) is 15.4. The summed E-state index contributed by atoms with van der Waals surface area (Å²) in [6, 6.07) is 4.84. The summed E-state index contributed by atoms with van der Waals surface area (Å²) in [5.74, 6) is 0.560. The number of ketones is 1. The fourth-order valence-electron chi connectivity index (χ4n) is 3.61. The molecule has 2 rings (SSSR count). The molecule has 1 aliphatic rings. The quantitative estimate of drug-likeness (QED) is 0.890. The zero-order valence-corrected chi connectivity index (χ0v) is 14.0. The maximum Gasteiger partial charge on any atom is 0.137 e. The second-order valence-corrected chi connectivity index (χ2v) is 6.69. The average Bonchev–Trinajstić information content (AvgIpc) is 2.46. The van der Waals surface area contributed by atoms with Crippen molar-refractivity contribution in [2.75, 3.05) is 6.54 Å². The molecule has 21 heavy (non-hydrogen) atoms. The molecule has 1 fully saturated rings. The van der Waals surface area contributed by atoms with Crippen LogP contribution in [0.1, 0.15) is 54.9 Å². The maximum absolute atomic E-state index is 12.5. The van der Waals surface area contributed by atoms with E-state index >= 15 is 0 Å². The fourth-order valence-corrected chi connectivity index (χ4v) is 3.61. The van der Waals surface area contributed by atoms with Gasteiger partial charge in [0.2, 0.25) is 0 Å². The second-order valence-electron chi connectivity index (χ2n) is 6.69. The van der Waals surface area contributed by atoms with E-state index in [9.17, 15) is 4.79 Å². The molecule has 116 valence electrons. The molecular formula is C19H29NO. The van der Waals surface area contributed by atoms with Gasteiger partial charge in [-0.2, -0.15) is 0 Å². The Morgan fingerprint density at radius 3 is 2.48 bits per heavy atom. The second kappa shape index (κ2) is 7.22. The third-order valence-corrected chi connectivity index (χ3v) is 4.92. The third-order valence-electron chi connectivity index (χ3n) is 4.92. The van der Waals surface area contributed by atoms with E-state index < -0.39 is 0 Å². The van der Waals surface area contributed by atoms with E-state index in [-0.39, 0.29) is 5.92 Å². The highest BCUT2D eigenvalue weighted by atomic mass is 16.1. The van der Waals surface area contributed by atoms with Gasteiger partial charge in [0, 0.05) is 18.4 Å². The molecule has 0 bridgehead atoms. The van der Waals surface area contributed by atoms with Crippen LogP contribution in [0.5, 0.6) is 0 Å². The largest absolute Gasteiger partial charge is 0.313 e. The van der Waals surface area contributed by atoms with Crippen LogP contribution in [0, 0.1) is 26.7 Å². The van der Waals surface area contributed by atoms with Gasteiger partial charge in [-0.15, -0.1) is 0 Å². The minimum absolute atomic E-state index is 0.149. The number of benzene rings is 1. The maximum atomic E-state index is 12.5. The lowest BCUT2D eigenvalue weighted by Crippen LogP contribution is -2.42. The van der Waals surface area contributed by atoms with Crippen molar-refractivity contribution in [3.05, 3.63) is 34.4 Å². The molecule has 1 saturated heterocycles. The molecule has 1 aromatic carbocycles. The summed E-state index contributed by atoms with van der Waals surface area (Å²) in [7, 11) is 0. The molecule has 2 nitrogen and oxygen atoms in total. The van der Waals surface area contributed by atoms with E-state index in [1.165, 1.54) is 35.1 Å². The van der Waals surface area contributed by atoms with Crippen LogP contribution in [0.4, 0.5) is 0 Å². The lowest BCUT2D eigenvalue weighted by atomic mass is 9.87. The highest BCUT2D eigenvalue weighted by Crippen LogP contribution is 2.21. The summed E-state index contributed by atoms with van der Waals surface area (Å²) < 4.78 is 0. The van der Waals surface area contributed by atoms with E-state index in [4.69, 9.17) is 0 Å². The number of Topliss-reactive ketones (excluding diaryl/α,β-unsaturated/α-hetero) is 1. The Kier molecular flexibility index (Phi) is 5.58. The molecular weight excluding hydrogens is 258 g/mol. The van der Waals surface area contributed by atoms with Crippen molar-refractivity contribution in [1.29, 1.82) is 0 Å². The Hall–Kier alpha value is -1.15. The molecule has 2 unspecified atom stereocenters. The number of hydrogen-bond donors (Lipinski definition) is 1. The van der Waals surface area contributed by atoms with E-state index in [1.54, 1.807) is 0 Å². The molecule has 1 aromatic rings. The van der Waals surface area contributed by atoms with Gasteiger partial charge in [0.15, 0.2) is 0 Å². The first kappa shape index (κ1) is 16.2. The van der Waals surface area contributed by atoms with Gasteiger partial charge in [0.25, 0.3) is 0 Å². The minimum atomic E-state index is 0.149. The van der Waals surface area contributed by atoms with Crippen LogP contribution < -0.4 is 5.32 Å². The first-order valence-corrected chi connectivity index (χ1v) is 8.32. The van der Waals surface area contributed by atoms with Crippen LogP contribution >= 0.6 is 0 Å². The van der Waals surface area contributed by atoms with Crippen LogP contribution in [0.2, 0.25) is 0 Å².